The van der Waals surface area contributed by atoms with Crippen molar-refractivity contribution in [2.24, 2.45) is 0 Å². The van der Waals surface area contributed by atoms with Gasteiger partial charge in [-0.3, -0.25) is 4.79 Å². The van der Waals surface area contributed by atoms with Crippen molar-refractivity contribution in [3.63, 3.8) is 0 Å². The van der Waals surface area contributed by atoms with Crippen LogP contribution in [0, 0.1) is 0 Å². The van der Waals surface area contributed by atoms with E-state index in [9.17, 15) is 18.0 Å². The second kappa shape index (κ2) is 5.56. The molecule has 2 aromatic rings. The second-order valence-corrected chi connectivity index (χ2v) is 7.10. The van der Waals surface area contributed by atoms with Crippen molar-refractivity contribution in [3.05, 3.63) is 47.1 Å². The van der Waals surface area contributed by atoms with Crippen LogP contribution in [0.5, 0.6) is 0 Å². The Morgan fingerprint density at radius 3 is 2.50 bits per heavy atom. The number of carbonyl (C=O) groups is 1. The van der Waals surface area contributed by atoms with Gasteiger partial charge in [0.2, 0.25) is 11.8 Å². The van der Waals surface area contributed by atoms with E-state index < -0.39 is 22.6 Å². The molecule has 1 heterocycles. The van der Waals surface area contributed by atoms with E-state index in [2.05, 4.69) is 15.5 Å². The van der Waals surface area contributed by atoms with E-state index in [1.54, 1.807) is 13.1 Å². The van der Waals surface area contributed by atoms with Crippen molar-refractivity contribution in [2.45, 2.75) is 49.1 Å². The van der Waals surface area contributed by atoms with Gasteiger partial charge in [0.15, 0.2) is 5.82 Å². The van der Waals surface area contributed by atoms with Crippen molar-refractivity contribution < 1.29 is 22.5 Å². The van der Waals surface area contributed by atoms with Crippen molar-refractivity contribution in [1.29, 1.82) is 0 Å². The molecule has 0 aliphatic heterocycles. The SMILES string of the molecule is CNC(=O)C1(c2nc(C3(c4cccc(C(F)(F)F)c4)CC3)no2)CCC1. The van der Waals surface area contributed by atoms with Gasteiger partial charge in [-0.05, 0) is 37.3 Å². The highest BCUT2D eigenvalue weighted by atomic mass is 19.4. The molecule has 1 N–H and O–H groups in total. The molecule has 2 aliphatic carbocycles. The topological polar surface area (TPSA) is 68.0 Å². The van der Waals surface area contributed by atoms with Crippen LogP contribution in [0.1, 0.15) is 54.9 Å². The van der Waals surface area contributed by atoms with Crippen molar-refractivity contribution in [3.8, 4) is 0 Å². The largest absolute Gasteiger partial charge is 0.416 e. The number of benzene rings is 1. The van der Waals surface area contributed by atoms with Crippen LogP contribution in [0.3, 0.4) is 0 Å². The summed E-state index contributed by atoms with van der Waals surface area (Å²) >= 11 is 0. The Labute approximate surface area is 148 Å². The summed E-state index contributed by atoms with van der Waals surface area (Å²) in [5.41, 5.74) is -1.62. The van der Waals surface area contributed by atoms with E-state index in [-0.39, 0.29) is 11.8 Å². The molecule has 26 heavy (non-hydrogen) atoms. The Bertz CT molecular complexity index is 851. The minimum absolute atomic E-state index is 0.164. The molecule has 0 spiro atoms. The van der Waals surface area contributed by atoms with Gasteiger partial charge < -0.3 is 9.84 Å². The smallest absolute Gasteiger partial charge is 0.358 e. The lowest BCUT2D eigenvalue weighted by molar-refractivity contribution is -0.137. The molecule has 0 bridgehead atoms. The van der Waals surface area contributed by atoms with Crippen LogP contribution in [0.25, 0.3) is 0 Å². The third-order valence-electron chi connectivity index (χ3n) is 5.62. The molecule has 4 rings (SSSR count). The van der Waals surface area contributed by atoms with Gasteiger partial charge in [-0.25, -0.2) is 0 Å². The molecular weight excluding hydrogens is 347 g/mol. The highest BCUT2D eigenvalue weighted by Gasteiger charge is 2.54. The van der Waals surface area contributed by atoms with Gasteiger partial charge in [-0.2, -0.15) is 18.2 Å². The van der Waals surface area contributed by atoms with Crippen LogP contribution in [-0.4, -0.2) is 23.1 Å². The molecule has 5 nitrogen and oxygen atoms in total. The van der Waals surface area contributed by atoms with E-state index in [1.165, 1.54) is 6.07 Å². The predicted octanol–water partition coefficient (Wildman–Crippen LogP) is 3.34. The maximum Gasteiger partial charge on any atom is 0.416 e. The number of likely N-dealkylation sites (N-methyl/N-ethyl adjacent to an activating group) is 1. The fraction of sp³-hybridized carbons (Fsp3) is 0.500. The van der Waals surface area contributed by atoms with E-state index in [0.717, 1.165) is 18.6 Å². The zero-order chi connectivity index (χ0) is 18.6. The van der Waals surface area contributed by atoms with Gasteiger partial charge in [-0.1, -0.05) is 29.8 Å². The van der Waals surface area contributed by atoms with Crippen molar-refractivity contribution in [2.75, 3.05) is 7.05 Å². The number of alkyl halides is 3. The zero-order valence-corrected chi connectivity index (χ0v) is 14.2. The lowest BCUT2D eigenvalue weighted by atomic mass is 9.68. The van der Waals surface area contributed by atoms with Crippen LogP contribution in [0.2, 0.25) is 0 Å². The summed E-state index contributed by atoms with van der Waals surface area (Å²) in [5.74, 6) is 0.459. The van der Waals surface area contributed by atoms with Gasteiger partial charge in [0.05, 0.1) is 11.0 Å². The minimum atomic E-state index is -4.40. The molecule has 1 aromatic heterocycles. The van der Waals surface area contributed by atoms with Crippen LogP contribution in [0.15, 0.2) is 28.8 Å². The maximum atomic E-state index is 13.0. The van der Waals surface area contributed by atoms with Gasteiger partial charge in [0.1, 0.15) is 5.41 Å². The monoisotopic (exact) mass is 365 g/mol. The Morgan fingerprint density at radius 1 is 1.23 bits per heavy atom. The molecule has 138 valence electrons. The van der Waals surface area contributed by atoms with E-state index in [4.69, 9.17) is 4.52 Å². The van der Waals surface area contributed by atoms with E-state index >= 15 is 0 Å². The summed E-state index contributed by atoms with van der Waals surface area (Å²) in [6.45, 7) is 0. The van der Waals surface area contributed by atoms with Crippen molar-refractivity contribution in [1.82, 2.24) is 15.5 Å². The Hall–Kier alpha value is -2.38. The number of hydrogen-bond donors (Lipinski definition) is 1. The summed E-state index contributed by atoms with van der Waals surface area (Å²) in [5, 5.41) is 6.67. The number of carbonyl (C=O) groups excluding carboxylic acids is 1. The van der Waals surface area contributed by atoms with Gasteiger partial charge in [-0.15, -0.1) is 0 Å². The van der Waals surface area contributed by atoms with Crippen molar-refractivity contribution >= 4 is 5.91 Å². The number of nitrogens with one attached hydrogen (secondary N) is 1. The quantitative estimate of drug-likeness (QED) is 0.902. The van der Waals surface area contributed by atoms with E-state index in [1.807, 2.05) is 0 Å². The lowest BCUT2D eigenvalue weighted by Gasteiger charge is -2.36. The minimum Gasteiger partial charge on any atom is -0.358 e. The van der Waals surface area contributed by atoms with Crippen LogP contribution in [-0.2, 0) is 21.8 Å². The van der Waals surface area contributed by atoms with Crippen LogP contribution >= 0.6 is 0 Å². The first-order chi connectivity index (χ1) is 12.3. The van der Waals surface area contributed by atoms with Gasteiger partial charge in [0, 0.05) is 7.05 Å². The third kappa shape index (κ3) is 2.42. The van der Waals surface area contributed by atoms with Crippen LogP contribution in [0.4, 0.5) is 13.2 Å². The highest BCUT2D eigenvalue weighted by molar-refractivity contribution is 5.87. The number of hydrogen-bond acceptors (Lipinski definition) is 4. The lowest BCUT2D eigenvalue weighted by Crippen LogP contribution is -2.48. The Morgan fingerprint density at radius 2 is 1.96 bits per heavy atom. The summed E-state index contributed by atoms with van der Waals surface area (Å²) in [4.78, 5) is 16.7. The molecule has 2 fully saturated rings. The molecule has 2 aliphatic rings. The maximum absolute atomic E-state index is 13.0. The molecule has 2 saturated carbocycles. The fourth-order valence-electron chi connectivity index (χ4n) is 3.68. The average molecular weight is 365 g/mol. The summed E-state index contributed by atoms with van der Waals surface area (Å²) in [7, 11) is 1.56. The number of amides is 1. The number of nitrogens with zero attached hydrogens (tertiary/aromatic N) is 2. The number of rotatable bonds is 4. The summed E-state index contributed by atoms with van der Waals surface area (Å²) < 4.78 is 44.5. The molecule has 1 amide bonds. The average Bonchev–Trinajstić information content (AvgIpc) is 3.25. The Balaban J connectivity index is 1.69. The molecule has 8 heteroatoms. The molecule has 0 atom stereocenters. The number of aromatic nitrogens is 2. The first-order valence-corrected chi connectivity index (χ1v) is 8.56. The van der Waals surface area contributed by atoms with E-state index in [0.29, 0.717) is 37.1 Å². The third-order valence-corrected chi connectivity index (χ3v) is 5.62. The first kappa shape index (κ1) is 17.1. The Kier molecular flexibility index (Phi) is 3.65. The first-order valence-electron chi connectivity index (χ1n) is 8.56. The summed E-state index contributed by atoms with van der Waals surface area (Å²) in [6, 6.07) is 5.27. The predicted molar refractivity (Wildman–Crippen MR) is 85.4 cm³/mol. The fourth-order valence-corrected chi connectivity index (χ4v) is 3.68. The van der Waals surface area contributed by atoms with Gasteiger partial charge in [0.25, 0.3) is 0 Å². The highest BCUT2D eigenvalue weighted by Crippen LogP contribution is 2.54. The standard InChI is InChI=1S/C18H18F3N3O2/c1-22-14(25)17(6-3-7-17)15-23-13(24-26-15)16(8-9-16)11-4-2-5-12(10-11)18(19,20)21/h2,4-5,10H,3,6-9H2,1H3,(H,22,25). The number of halogens is 3. The molecule has 0 saturated heterocycles. The van der Waals surface area contributed by atoms with Gasteiger partial charge >= 0.3 is 6.18 Å². The summed E-state index contributed by atoms with van der Waals surface area (Å²) in [6.07, 6.45) is -0.941. The molecule has 1 aromatic carbocycles. The second-order valence-electron chi connectivity index (χ2n) is 7.10. The molecule has 0 unspecified atom stereocenters. The normalized spacial score (nSPS) is 20.3. The molecular formula is C18H18F3N3O2. The van der Waals surface area contributed by atoms with Crippen LogP contribution < -0.4 is 5.32 Å². The zero-order valence-electron chi connectivity index (χ0n) is 14.2. The molecule has 0 radical (unpaired) electrons.